The molecule has 0 aromatic heterocycles. The van der Waals surface area contributed by atoms with Crippen LogP contribution in [0.15, 0.2) is 0 Å². The normalized spacial score (nSPS) is 10.9. The second-order valence-corrected chi connectivity index (χ2v) is 5.82. The third-order valence-electron chi connectivity index (χ3n) is 3.37. The van der Waals surface area contributed by atoms with Crippen LogP contribution in [0, 0.1) is 0 Å². The van der Waals surface area contributed by atoms with E-state index in [4.69, 9.17) is 33.2 Å². The molecule has 0 atom stereocenters. The van der Waals surface area contributed by atoms with Gasteiger partial charge in [0.2, 0.25) is 0 Å². The topological polar surface area (TPSA) is 123 Å². The Kier molecular flexibility index (Phi) is 22.9. The van der Waals surface area contributed by atoms with Crippen molar-refractivity contribution in [2.45, 2.75) is 6.92 Å². The first-order chi connectivity index (χ1) is 14.7. The van der Waals surface area contributed by atoms with Crippen molar-refractivity contribution < 1.29 is 42.7 Å². The summed E-state index contributed by atoms with van der Waals surface area (Å²) in [5, 5.41) is 5.72. The minimum Gasteiger partial charge on any atom is -0.463 e. The van der Waals surface area contributed by atoms with Gasteiger partial charge in [0, 0.05) is 26.8 Å². The SMILES string of the molecule is CCOCCOCCOCCOCCOC(=O)CNCCOC(=O)CNCCOC. The summed E-state index contributed by atoms with van der Waals surface area (Å²) in [6, 6.07) is 0. The summed E-state index contributed by atoms with van der Waals surface area (Å²) in [4.78, 5) is 22.9. The van der Waals surface area contributed by atoms with Gasteiger partial charge >= 0.3 is 11.9 Å². The van der Waals surface area contributed by atoms with Crippen LogP contribution >= 0.6 is 0 Å². The van der Waals surface area contributed by atoms with Crippen molar-refractivity contribution in [3.8, 4) is 0 Å². The first-order valence-electron chi connectivity index (χ1n) is 10.2. The average molecular weight is 439 g/mol. The van der Waals surface area contributed by atoms with Gasteiger partial charge < -0.3 is 43.8 Å². The molecule has 0 aliphatic heterocycles. The van der Waals surface area contributed by atoms with Crippen molar-refractivity contribution in [3.63, 3.8) is 0 Å². The summed E-state index contributed by atoms with van der Waals surface area (Å²) in [5.41, 5.74) is 0. The molecule has 0 bridgehead atoms. The van der Waals surface area contributed by atoms with Gasteiger partial charge in [0.15, 0.2) is 0 Å². The van der Waals surface area contributed by atoms with Crippen molar-refractivity contribution in [1.82, 2.24) is 10.6 Å². The lowest BCUT2D eigenvalue weighted by Crippen LogP contribution is -2.31. The summed E-state index contributed by atoms with van der Waals surface area (Å²) in [6.07, 6.45) is 0. The fraction of sp³-hybridized carbons (Fsp3) is 0.895. The number of hydrogen-bond acceptors (Lipinski definition) is 11. The van der Waals surface area contributed by atoms with Crippen LogP contribution in [0.2, 0.25) is 0 Å². The van der Waals surface area contributed by atoms with Crippen LogP contribution in [0.1, 0.15) is 6.92 Å². The van der Waals surface area contributed by atoms with E-state index in [1.54, 1.807) is 7.11 Å². The molecule has 11 heteroatoms. The number of methoxy groups -OCH3 is 1. The molecule has 0 heterocycles. The van der Waals surface area contributed by atoms with E-state index in [1.165, 1.54) is 0 Å². The molecular weight excluding hydrogens is 400 g/mol. The van der Waals surface area contributed by atoms with Crippen molar-refractivity contribution in [3.05, 3.63) is 0 Å². The number of hydrogen-bond donors (Lipinski definition) is 2. The van der Waals surface area contributed by atoms with Gasteiger partial charge in [-0.2, -0.15) is 0 Å². The predicted molar refractivity (Wildman–Crippen MR) is 108 cm³/mol. The summed E-state index contributed by atoms with van der Waals surface area (Å²) < 4.78 is 35.9. The Morgan fingerprint density at radius 3 is 1.53 bits per heavy atom. The zero-order chi connectivity index (χ0) is 22.1. The second-order valence-electron chi connectivity index (χ2n) is 5.82. The van der Waals surface area contributed by atoms with Gasteiger partial charge in [-0.1, -0.05) is 0 Å². The zero-order valence-electron chi connectivity index (χ0n) is 18.3. The van der Waals surface area contributed by atoms with E-state index in [1.807, 2.05) is 6.92 Å². The molecule has 30 heavy (non-hydrogen) atoms. The van der Waals surface area contributed by atoms with Crippen LogP contribution in [-0.2, 0) is 42.7 Å². The minimum atomic E-state index is -0.397. The number of carbonyl (C=O) groups is 2. The van der Waals surface area contributed by atoms with Crippen molar-refractivity contribution in [2.24, 2.45) is 0 Å². The monoisotopic (exact) mass is 438 g/mol. The van der Waals surface area contributed by atoms with Crippen LogP contribution < -0.4 is 10.6 Å². The molecule has 0 aliphatic carbocycles. The third-order valence-corrected chi connectivity index (χ3v) is 3.37. The Morgan fingerprint density at radius 2 is 1.03 bits per heavy atom. The van der Waals surface area contributed by atoms with Gasteiger partial charge in [-0.25, -0.2) is 0 Å². The number of carbonyl (C=O) groups excluding carboxylic acids is 2. The maximum atomic E-state index is 11.5. The van der Waals surface area contributed by atoms with Gasteiger partial charge in [-0.3, -0.25) is 9.59 Å². The van der Waals surface area contributed by atoms with E-state index in [0.29, 0.717) is 72.6 Å². The lowest BCUT2D eigenvalue weighted by Gasteiger charge is -2.09. The Morgan fingerprint density at radius 1 is 0.600 bits per heavy atom. The van der Waals surface area contributed by atoms with Crippen LogP contribution in [0.25, 0.3) is 0 Å². The summed E-state index contributed by atoms with van der Waals surface area (Å²) in [5.74, 6) is -0.752. The highest BCUT2D eigenvalue weighted by Crippen LogP contribution is 1.84. The summed E-state index contributed by atoms with van der Waals surface area (Å²) in [7, 11) is 1.59. The molecule has 0 saturated carbocycles. The highest BCUT2D eigenvalue weighted by Gasteiger charge is 2.04. The van der Waals surface area contributed by atoms with Gasteiger partial charge in [-0.15, -0.1) is 0 Å². The van der Waals surface area contributed by atoms with Crippen LogP contribution in [-0.4, -0.2) is 118 Å². The molecule has 0 amide bonds. The van der Waals surface area contributed by atoms with Gasteiger partial charge in [0.25, 0.3) is 0 Å². The van der Waals surface area contributed by atoms with E-state index in [-0.39, 0.29) is 32.3 Å². The quantitative estimate of drug-likeness (QED) is 0.151. The molecule has 0 aromatic rings. The largest absolute Gasteiger partial charge is 0.463 e. The molecule has 0 fully saturated rings. The predicted octanol–water partition coefficient (Wildman–Crippen LogP) is -1.02. The smallest absolute Gasteiger partial charge is 0.320 e. The molecule has 0 rings (SSSR count). The lowest BCUT2D eigenvalue weighted by molar-refractivity contribution is -0.144. The Bertz CT molecular complexity index is 400. The van der Waals surface area contributed by atoms with Crippen LogP contribution in [0.4, 0.5) is 0 Å². The number of ether oxygens (including phenoxy) is 7. The zero-order valence-corrected chi connectivity index (χ0v) is 18.3. The fourth-order valence-electron chi connectivity index (χ4n) is 1.91. The maximum absolute atomic E-state index is 11.5. The van der Waals surface area contributed by atoms with E-state index >= 15 is 0 Å². The molecule has 178 valence electrons. The molecule has 0 aromatic carbocycles. The summed E-state index contributed by atoms with van der Waals surface area (Å²) in [6.45, 7) is 7.94. The lowest BCUT2D eigenvalue weighted by atomic mass is 10.5. The van der Waals surface area contributed by atoms with Gasteiger partial charge in [0.05, 0.1) is 65.9 Å². The van der Waals surface area contributed by atoms with E-state index < -0.39 is 5.97 Å². The third kappa shape index (κ3) is 22.9. The molecule has 2 N–H and O–H groups in total. The number of esters is 2. The highest BCUT2D eigenvalue weighted by atomic mass is 16.6. The maximum Gasteiger partial charge on any atom is 0.320 e. The minimum absolute atomic E-state index is 0.0377. The fourth-order valence-corrected chi connectivity index (χ4v) is 1.91. The molecule has 11 nitrogen and oxygen atoms in total. The van der Waals surface area contributed by atoms with Crippen molar-refractivity contribution in [1.29, 1.82) is 0 Å². The standard InChI is InChI=1S/C19H38N2O9/c1-3-25-8-9-26-10-11-27-12-13-28-14-15-30-19(23)17-21-5-7-29-18(22)16-20-4-6-24-2/h20-21H,3-17H2,1-2H3. The molecule has 0 spiro atoms. The molecule has 0 saturated heterocycles. The molecular formula is C19H38N2O9. The first-order valence-corrected chi connectivity index (χ1v) is 10.2. The Balaban J connectivity index is 3.24. The molecule has 0 radical (unpaired) electrons. The van der Waals surface area contributed by atoms with Crippen molar-refractivity contribution >= 4 is 11.9 Å². The second kappa shape index (κ2) is 23.9. The average Bonchev–Trinajstić information content (AvgIpc) is 2.74. The number of rotatable bonds is 23. The van der Waals surface area contributed by atoms with Gasteiger partial charge in [0.1, 0.15) is 13.2 Å². The first kappa shape index (κ1) is 28.7. The summed E-state index contributed by atoms with van der Waals surface area (Å²) >= 11 is 0. The Hall–Kier alpha value is -1.34. The molecule has 0 aliphatic rings. The van der Waals surface area contributed by atoms with E-state index in [0.717, 1.165) is 0 Å². The van der Waals surface area contributed by atoms with Gasteiger partial charge in [-0.05, 0) is 6.92 Å². The Labute approximate surface area is 179 Å². The van der Waals surface area contributed by atoms with E-state index in [2.05, 4.69) is 10.6 Å². The van der Waals surface area contributed by atoms with Crippen LogP contribution in [0.3, 0.4) is 0 Å². The van der Waals surface area contributed by atoms with E-state index in [9.17, 15) is 9.59 Å². The van der Waals surface area contributed by atoms with Crippen LogP contribution in [0.5, 0.6) is 0 Å². The molecule has 0 unspecified atom stereocenters. The van der Waals surface area contributed by atoms with Crippen molar-refractivity contribution in [2.75, 3.05) is 106 Å². The number of nitrogens with one attached hydrogen (secondary N) is 2. The highest BCUT2D eigenvalue weighted by molar-refractivity contribution is 5.72.